The molecule has 3 rings (SSSR count). The molecule has 2 aromatic heterocycles. The van der Waals surface area contributed by atoms with E-state index >= 15 is 0 Å². The third-order valence-corrected chi connectivity index (χ3v) is 3.93. The molecule has 3 aromatic rings. The van der Waals surface area contributed by atoms with Crippen LogP contribution in [0.15, 0.2) is 29.6 Å². The zero-order valence-corrected chi connectivity index (χ0v) is 13.4. The zero-order chi connectivity index (χ0) is 15.7. The van der Waals surface area contributed by atoms with E-state index in [0.29, 0.717) is 17.3 Å². The summed E-state index contributed by atoms with van der Waals surface area (Å²) in [5, 5.41) is 16.6. The second-order valence-electron chi connectivity index (χ2n) is 5.25. The first kappa shape index (κ1) is 14.6. The molecule has 0 aliphatic carbocycles. The Labute approximate surface area is 132 Å². The highest BCUT2D eigenvalue weighted by atomic mass is 32.1. The number of pyridine rings is 1. The monoisotopic (exact) mass is 315 g/mol. The molecule has 2 N–H and O–H groups in total. The van der Waals surface area contributed by atoms with Crippen LogP contribution in [0, 0.1) is 0 Å². The first-order valence-electron chi connectivity index (χ1n) is 6.97. The summed E-state index contributed by atoms with van der Waals surface area (Å²) < 4.78 is 5.44. The predicted molar refractivity (Wildman–Crippen MR) is 89.8 cm³/mol. The lowest BCUT2D eigenvalue weighted by Gasteiger charge is -2.08. The Morgan fingerprint density at radius 3 is 2.73 bits per heavy atom. The molecule has 0 spiro atoms. The van der Waals surface area contributed by atoms with Crippen LogP contribution in [0.3, 0.4) is 0 Å². The van der Waals surface area contributed by atoms with Gasteiger partial charge in [-0.3, -0.25) is 0 Å². The van der Waals surface area contributed by atoms with Crippen molar-refractivity contribution in [3.05, 3.63) is 29.6 Å². The summed E-state index contributed by atoms with van der Waals surface area (Å²) in [4.78, 5) is 9.14. The number of anilines is 1. The van der Waals surface area contributed by atoms with E-state index in [1.54, 1.807) is 36.6 Å². The smallest absolute Gasteiger partial charge is 0.183 e. The number of methoxy groups -OCH3 is 1. The Kier molecular flexibility index (Phi) is 3.85. The maximum Gasteiger partial charge on any atom is 0.183 e. The summed E-state index contributed by atoms with van der Waals surface area (Å²) in [6.45, 7) is 4.14. The van der Waals surface area contributed by atoms with E-state index in [2.05, 4.69) is 29.1 Å². The standard InChI is InChI=1S/C16H17N3O2S/c1-9(2)17-16-19-14(8-22-16)13-7-15(21-3)11-5-4-10(20)6-12(11)18-13/h4-9,20H,1-3H3,(H,17,19). The van der Waals surface area contributed by atoms with Crippen LogP contribution in [0.1, 0.15) is 13.8 Å². The number of aromatic nitrogens is 2. The van der Waals surface area contributed by atoms with E-state index in [0.717, 1.165) is 21.9 Å². The third kappa shape index (κ3) is 2.82. The summed E-state index contributed by atoms with van der Waals surface area (Å²) in [5.74, 6) is 0.894. The number of phenols is 1. The van der Waals surface area contributed by atoms with Gasteiger partial charge in [-0.05, 0) is 26.0 Å². The fraction of sp³-hybridized carbons (Fsp3) is 0.250. The molecule has 0 atom stereocenters. The normalized spacial score (nSPS) is 11.1. The van der Waals surface area contributed by atoms with Crippen molar-refractivity contribution in [1.82, 2.24) is 9.97 Å². The van der Waals surface area contributed by atoms with Crippen LogP contribution in [0.25, 0.3) is 22.3 Å². The Morgan fingerprint density at radius 2 is 2.00 bits per heavy atom. The van der Waals surface area contributed by atoms with E-state index in [4.69, 9.17) is 4.74 Å². The second kappa shape index (κ2) is 5.81. The zero-order valence-electron chi connectivity index (χ0n) is 12.6. The molecule has 0 saturated heterocycles. The van der Waals surface area contributed by atoms with Crippen molar-refractivity contribution in [2.24, 2.45) is 0 Å². The Hall–Kier alpha value is -2.34. The van der Waals surface area contributed by atoms with Crippen molar-refractivity contribution < 1.29 is 9.84 Å². The molecule has 114 valence electrons. The molecule has 0 aliphatic heterocycles. The molecule has 0 aliphatic rings. The van der Waals surface area contributed by atoms with Gasteiger partial charge in [-0.2, -0.15) is 0 Å². The fourth-order valence-electron chi connectivity index (χ4n) is 2.19. The molecule has 0 fully saturated rings. The maximum absolute atomic E-state index is 9.65. The average molecular weight is 315 g/mol. The average Bonchev–Trinajstić information content (AvgIpc) is 2.93. The molecular weight excluding hydrogens is 298 g/mol. The van der Waals surface area contributed by atoms with Crippen LogP contribution in [-0.4, -0.2) is 28.2 Å². The van der Waals surface area contributed by atoms with Gasteiger partial charge in [0.25, 0.3) is 0 Å². The lowest BCUT2D eigenvalue weighted by Crippen LogP contribution is -2.09. The predicted octanol–water partition coefficient (Wildman–Crippen LogP) is 3.89. The summed E-state index contributed by atoms with van der Waals surface area (Å²) in [5.41, 5.74) is 2.19. The lowest BCUT2D eigenvalue weighted by atomic mass is 10.1. The summed E-state index contributed by atoms with van der Waals surface area (Å²) in [7, 11) is 1.62. The molecule has 0 amide bonds. The van der Waals surface area contributed by atoms with Gasteiger partial charge in [-0.1, -0.05) is 0 Å². The highest BCUT2D eigenvalue weighted by Gasteiger charge is 2.12. The van der Waals surface area contributed by atoms with Crippen molar-refractivity contribution in [1.29, 1.82) is 0 Å². The molecule has 1 aromatic carbocycles. The molecule has 0 saturated carbocycles. The van der Waals surface area contributed by atoms with Crippen LogP contribution in [0.2, 0.25) is 0 Å². The van der Waals surface area contributed by atoms with Crippen molar-refractivity contribution in [3.63, 3.8) is 0 Å². The van der Waals surface area contributed by atoms with Gasteiger partial charge in [-0.15, -0.1) is 11.3 Å². The quantitative estimate of drug-likeness (QED) is 0.764. The van der Waals surface area contributed by atoms with Crippen molar-refractivity contribution in [2.75, 3.05) is 12.4 Å². The number of hydrogen-bond acceptors (Lipinski definition) is 6. The second-order valence-corrected chi connectivity index (χ2v) is 6.11. The minimum atomic E-state index is 0.180. The summed E-state index contributed by atoms with van der Waals surface area (Å²) in [6, 6.07) is 7.25. The number of thiazole rings is 1. The van der Waals surface area contributed by atoms with Gasteiger partial charge in [0.15, 0.2) is 5.13 Å². The van der Waals surface area contributed by atoms with E-state index in [1.165, 1.54) is 0 Å². The van der Waals surface area contributed by atoms with E-state index < -0.39 is 0 Å². The fourth-order valence-corrected chi connectivity index (χ4v) is 3.04. The van der Waals surface area contributed by atoms with Gasteiger partial charge in [0.2, 0.25) is 0 Å². The first-order chi connectivity index (χ1) is 10.6. The largest absolute Gasteiger partial charge is 0.508 e. The number of ether oxygens (including phenoxy) is 1. The Balaban J connectivity index is 2.08. The number of rotatable bonds is 4. The minimum Gasteiger partial charge on any atom is -0.508 e. The molecule has 6 heteroatoms. The molecule has 5 nitrogen and oxygen atoms in total. The van der Waals surface area contributed by atoms with Crippen LogP contribution in [-0.2, 0) is 0 Å². The van der Waals surface area contributed by atoms with Crippen molar-refractivity contribution >= 4 is 27.4 Å². The number of nitrogens with one attached hydrogen (secondary N) is 1. The number of benzene rings is 1. The van der Waals surface area contributed by atoms with Crippen LogP contribution in [0.4, 0.5) is 5.13 Å². The lowest BCUT2D eigenvalue weighted by molar-refractivity contribution is 0.419. The Morgan fingerprint density at radius 1 is 1.18 bits per heavy atom. The van der Waals surface area contributed by atoms with Gasteiger partial charge in [0.1, 0.15) is 17.2 Å². The maximum atomic E-state index is 9.65. The summed E-state index contributed by atoms with van der Waals surface area (Å²) >= 11 is 1.54. The minimum absolute atomic E-state index is 0.180. The molecule has 0 unspecified atom stereocenters. The third-order valence-electron chi connectivity index (χ3n) is 3.15. The van der Waals surface area contributed by atoms with E-state index in [9.17, 15) is 5.11 Å². The van der Waals surface area contributed by atoms with Gasteiger partial charge in [0.05, 0.1) is 18.3 Å². The topological polar surface area (TPSA) is 67.3 Å². The molecule has 0 radical (unpaired) electrons. The SMILES string of the molecule is COc1cc(-c2csc(NC(C)C)n2)nc2cc(O)ccc12. The molecule has 0 bridgehead atoms. The van der Waals surface area contributed by atoms with E-state index in [-0.39, 0.29) is 5.75 Å². The van der Waals surface area contributed by atoms with Crippen LogP contribution >= 0.6 is 11.3 Å². The molecule has 2 heterocycles. The number of nitrogens with zero attached hydrogens (tertiary/aromatic N) is 2. The van der Waals surface area contributed by atoms with E-state index in [1.807, 2.05) is 11.4 Å². The number of aromatic hydroxyl groups is 1. The summed E-state index contributed by atoms with van der Waals surface area (Å²) in [6.07, 6.45) is 0. The molecule has 22 heavy (non-hydrogen) atoms. The number of phenolic OH excluding ortho intramolecular Hbond substituents is 1. The van der Waals surface area contributed by atoms with Gasteiger partial charge in [0, 0.05) is 28.9 Å². The van der Waals surface area contributed by atoms with Gasteiger partial charge >= 0.3 is 0 Å². The highest BCUT2D eigenvalue weighted by Crippen LogP contribution is 2.32. The van der Waals surface area contributed by atoms with Crippen molar-refractivity contribution in [3.8, 4) is 22.9 Å². The van der Waals surface area contributed by atoms with Crippen LogP contribution in [0.5, 0.6) is 11.5 Å². The number of hydrogen-bond donors (Lipinski definition) is 2. The van der Waals surface area contributed by atoms with Crippen molar-refractivity contribution in [2.45, 2.75) is 19.9 Å². The van der Waals surface area contributed by atoms with Gasteiger partial charge < -0.3 is 15.2 Å². The first-order valence-corrected chi connectivity index (χ1v) is 7.85. The van der Waals surface area contributed by atoms with Crippen LogP contribution < -0.4 is 10.1 Å². The Bertz CT molecular complexity index is 814. The number of fused-ring (bicyclic) bond motifs is 1. The van der Waals surface area contributed by atoms with Gasteiger partial charge in [-0.25, -0.2) is 9.97 Å². The molecular formula is C16H17N3O2S. The highest BCUT2D eigenvalue weighted by molar-refractivity contribution is 7.14.